The molecule has 3 heterocycles. The summed E-state index contributed by atoms with van der Waals surface area (Å²) in [5.41, 5.74) is 1.78. The molecular formula is C17H13ClN4O2. The fourth-order valence-electron chi connectivity index (χ4n) is 2.45. The fraction of sp³-hybridized carbons (Fsp3) is 0.118. The number of nitrogens with zero attached hydrogens (tertiary/aromatic N) is 3. The summed E-state index contributed by atoms with van der Waals surface area (Å²) in [6, 6.07) is 9.41. The Labute approximate surface area is 143 Å². The molecular weight excluding hydrogens is 328 g/mol. The molecule has 0 radical (unpaired) electrons. The Hall–Kier alpha value is -2.86. The van der Waals surface area contributed by atoms with E-state index in [1.54, 1.807) is 24.7 Å². The van der Waals surface area contributed by atoms with E-state index in [2.05, 4.69) is 20.3 Å². The summed E-state index contributed by atoms with van der Waals surface area (Å²) in [6.45, 7) is 0.822. The van der Waals surface area contributed by atoms with Gasteiger partial charge >= 0.3 is 0 Å². The zero-order valence-electron chi connectivity index (χ0n) is 12.6. The van der Waals surface area contributed by atoms with Crippen LogP contribution in [0.3, 0.4) is 0 Å². The molecule has 2 aromatic heterocycles. The van der Waals surface area contributed by atoms with Crippen molar-refractivity contribution >= 4 is 17.4 Å². The van der Waals surface area contributed by atoms with Gasteiger partial charge in [0.2, 0.25) is 6.79 Å². The van der Waals surface area contributed by atoms with Crippen LogP contribution in [0.25, 0.3) is 11.4 Å². The average molecular weight is 341 g/mol. The molecule has 4 rings (SSSR count). The summed E-state index contributed by atoms with van der Waals surface area (Å²) in [5, 5.41) is 3.82. The summed E-state index contributed by atoms with van der Waals surface area (Å²) in [7, 11) is 0. The number of ether oxygens (including phenoxy) is 2. The number of fused-ring (bicyclic) bond motifs is 1. The van der Waals surface area contributed by atoms with Gasteiger partial charge in [0, 0.05) is 36.3 Å². The van der Waals surface area contributed by atoms with Gasteiger partial charge < -0.3 is 14.8 Å². The lowest BCUT2D eigenvalue weighted by Gasteiger charge is -2.09. The zero-order valence-corrected chi connectivity index (χ0v) is 13.3. The van der Waals surface area contributed by atoms with Crippen LogP contribution < -0.4 is 14.8 Å². The number of hydrogen-bond donors (Lipinski definition) is 1. The van der Waals surface area contributed by atoms with Gasteiger partial charge in [0.15, 0.2) is 17.3 Å². The maximum atomic E-state index is 5.97. The fourth-order valence-corrected chi connectivity index (χ4v) is 2.62. The Morgan fingerprint density at radius 3 is 3.04 bits per heavy atom. The Morgan fingerprint density at radius 2 is 2.12 bits per heavy atom. The van der Waals surface area contributed by atoms with E-state index in [1.165, 1.54) is 0 Å². The molecule has 1 aliphatic heterocycles. The number of hydrogen-bond acceptors (Lipinski definition) is 6. The lowest BCUT2D eigenvalue weighted by atomic mass is 10.2. The number of para-hydroxylation sites is 1. The third kappa shape index (κ3) is 2.96. The Morgan fingerprint density at radius 1 is 1.17 bits per heavy atom. The molecule has 3 aromatic rings. The summed E-state index contributed by atoms with van der Waals surface area (Å²) >= 11 is 5.97. The molecule has 0 fully saturated rings. The maximum absolute atomic E-state index is 5.97. The van der Waals surface area contributed by atoms with E-state index in [0.717, 1.165) is 22.6 Å². The number of benzene rings is 1. The van der Waals surface area contributed by atoms with Gasteiger partial charge in [0.25, 0.3) is 0 Å². The molecule has 0 aliphatic carbocycles. The molecule has 1 N–H and O–H groups in total. The second-order valence-corrected chi connectivity index (χ2v) is 5.60. The quantitative estimate of drug-likeness (QED) is 0.783. The van der Waals surface area contributed by atoms with Gasteiger partial charge in [-0.2, -0.15) is 0 Å². The van der Waals surface area contributed by atoms with E-state index in [-0.39, 0.29) is 6.79 Å². The molecule has 0 amide bonds. The van der Waals surface area contributed by atoms with E-state index in [0.29, 0.717) is 23.2 Å². The number of rotatable bonds is 4. The predicted octanol–water partition coefficient (Wildman–Crippen LogP) is 3.53. The topological polar surface area (TPSA) is 69.2 Å². The maximum Gasteiger partial charge on any atom is 0.231 e. The number of pyridine rings is 1. The molecule has 7 heteroatoms. The van der Waals surface area contributed by atoms with Crippen molar-refractivity contribution in [1.29, 1.82) is 0 Å². The summed E-state index contributed by atoms with van der Waals surface area (Å²) in [5.74, 6) is 2.81. The van der Waals surface area contributed by atoms with Gasteiger partial charge in [-0.15, -0.1) is 0 Å². The standard InChI is InChI=1S/C17H13ClN4O2/c18-13-6-12(7-19-9-13)17-20-5-4-15(22-17)21-8-11-2-1-3-14-16(11)24-10-23-14/h1-7,9H,8,10H2,(H,20,21,22). The molecule has 0 bridgehead atoms. The van der Waals surface area contributed by atoms with Crippen molar-refractivity contribution in [2.45, 2.75) is 6.54 Å². The van der Waals surface area contributed by atoms with Gasteiger partial charge in [-0.3, -0.25) is 4.98 Å². The Bertz CT molecular complexity index is 888. The first-order chi connectivity index (χ1) is 11.8. The first kappa shape index (κ1) is 14.7. The molecule has 24 heavy (non-hydrogen) atoms. The van der Waals surface area contributed by atoms with Crippen molar-refractivity contribution in [2.24, 2.45) is 0 Å². The minimum atomic E-state index is 0.256. The molecule has 0 atom stereocenters. The highest BCUT2D eigenvalue weighted by molar-refractivity contribution is 6.30. The number of anilines is 1. The Balaban J connectivity index is 1.54. The first-order valence-corrected chi connectivity index (χ1v) is 7.73. The second kappa shape index (κ2) is 6.33. The molecule has 0 spiro atoms. The highest BCUT2D eigenvalue weighted by Gasteiger charge is 2.16. The predicted molar refractivity (Wildman–Crippen MR) is 90.2 cm³/mol. The van der Waals surface area contributed by atoms with E-state index in [9.17, 15) is 0 Å². The van der Waals surface area contributed by atoms with Crippen LogP contribution in [0.1, 0.15) is 5.56 Å². The van der Waals surface area contributed by atoms with Gasteiger partial charge in [0.05, 0.1) is 5.02 Å². The summed E-state index contributed by atoms with van der Waals surface area (Å²) in [6.07, 6.45) is 4.95. The minimum Gasteiger partial charge on any atom is -0.454 e. The molecule has 0 saturated heterocycles. The highest BCUT2D eigenvalue weighted by atomic mass is 35.5. The number of nitrogens with one attached hydrogen (secondary N) is 1. The monoisotopic (exact) mass is 340 g/mol. The van der Waals surface area contributed by atoms with E-state index < -0.39 is 0 Å². The van der Waals surface area contributed by atoms with Crippen molar-refractivity contribution in [1.82, 2.24) is 15.0 Å². The molecule has 1 aromatic carbocycles. The normalized spacial score (nSPS) is 12.2. The van der Waals surface area contributed by atoms with Crippen LogP contribution in [-0.2, 0) is 6.54 Å². The van der Waals surface area contributed by atoms with Crippen LogP contribution in [0.4, 0.5) is 5.82 Å². The highest BCUT2D eigenvalue weighted by Crippen LogP contribution is 2.35. The zero-order chi connectivity index (χ0) is 16.4. The van der Waals surface area contributed by atoms with E-state index >= 15 is 0 Å². The summed E-state index contributed by atoms with van der Waals surface area (Å²) < 4.78 is 10.9. The van der Waals surface area contributed by atoms with Crippen molar-refractivity contribution < 1.29 is 9.47 Å². The largest absolute Gasteiger partial charge is 0.454 e. The minimum absolute atomic E-state index is 0.256. The SMILES string of the molecule is Clc1cncc(-c2nccc(NCc3cccc4c3OCO4)n2)c1. The van der Waals surface area contributed by atoms with Crippen molar-refractivity contribution in [3.63, 3.8) is 0 Å². The van der Waals surface area contributed by atoms with Crippen molar-refractivity contribution in [3.05, 3.63) is 59.5 Å². The Kier molecular flexibility index (Phi) is 3.88. The molecule has 6 nitrogen and oxygen atoms in total. The molecule has 1 aliphatic rings. The third-order valence-corrected chi connectivity index (χ3v) is 3.76. The molecule has 0 saturated carbocycles. The van der Waals surface area contributed by atoms with Crippen LogP contribution in [0.15, 0.2) is 48.9 Å². The van der Waals surface area contributed by atoms with Crippen LogP contribution >= 0.6 is 11.6 Å². The van der Waals surface area contributed by atoms with E-state index in [1.807, 2.05) is 24.3 Å². The van der Waals surface area contributed by atoms with E-state index in [4.69, 9.17) is 21.1 Å². The van der Waals surface area contributed by atoms with Crippen LogP contribution in [0, 0.1) is 0 Å². The van der Waals surface area contributed by atoms with Crippen molar-refractivity contribution in [3.8, 4) is 22.9 Å². The van der Waals surface area contributed by atoms with Crippen LogP contribution in [-0.4, -0.2) is 21.7 Å². The van der Waals surface area contributed by atoms with Gasteiger partial charge in [-0.1, -0.05) is 23.7 Å². The number of aromatic nitrogens is 3. The van der Waals surface area contributed by atoms with Crippen molar-refractivity contribution in [2.75, 3.05) is 12.1 Å². The third-order valence-electron chi connectivity index (χ3n) is 3.56. The summed E-state index contributed by atoms with van der Waals surface area (Å²) in [4.78, 5) is 12.8. The lowest BCUT2D eigenvalue weighted by molar-refractivity contribution is 0.173. The lowest BCUT2D eigenvalue weighted by Crippen LogP contribution is -2.04. The van der Waals surface area contributed by atoms with Crippen LogP contribution in [0.2, 0.25) is 5.02 Å². The van der Waals surface area contributed by atoms with Crippen LogP contribution in [0.5, 0.6) is 11.5 Å². The van der Waals surface area contributed by atoms with Gasteiger partial charge in [-0.05, 0) is 18.2 Å². The van der Waals surface area contributed by atoms with Gasteiger partial charge in [-0.25, -0.2) is 9.97 Å². The number of halogens is 1. The van der Waals surface area contributed by atoms with Gasteiger partial charge in [0.1, 0.15) is 5.82 Å². The molecule has 0 unspecified atom stereocenters. The smallest absolute Gasteiger partial charge is 0.231 e. The average Bonchev–Trinajstić information content (AvgIpc) is 3.09. The molecule has 120 valence electrons. The first-order valence-electron chi connectivity index (χ1n) is 7.35. The second-order valence-electron chi connectivity index (χ2n) is 5.16.